The Labute approximate surface area is 271 Å². The van der Waals surface area contributed by atoms with Crippen molar-refractivity contribution < 1.29 is 32.3 Å². The van der Waals surface area contributed by atoms with E-state index < -0.39 is 27.1 Å². The van der Waals surface area contributed by atoms with E-state index in [1.54, 1.807) is 79.7 Å². The summed E-state index contributed by atoms with van der Waals surface area (Å²) in [6.45, 7) is 1.71. The van der Waals surface area contributed by atoms with Gasteiger partial charge < -0.3 is 25.4 Å². The number of thioether (sulfide) groups is 1. The molecule has 4 rings (SSSR count). The number of nitrogens with two attached hydrogens (primary N) is 1. The number of para-hydroxylation sites is 1. The molecule has 238 valence electrons. The lowest BCUT2D eigenvalue weighted by atomic mass is 10.1. The Morgan fingerprint density at radius 2 is 1.52 bits per heavy atom. The molecule has 0 aliphatic carbocycles. The van der Waals surface area contributed by atoms with Crippen molar-refractivity contribution in [2.75, 3.05) is 24.9 Å². The number of amides is 3. The highest BCUT2D eigenvalue weighted by atomic mass is 32.2. The van der Waals surface area contributed by atoms with Gasteiger partial charge in [0.2, 0.25) is 15.9 Å². The number of hydrogen-bond donors (Lipinski definition) is 4. The largest absolute Gasteiger partial charge is 0.493 e. The van der Waals surface area contributed by atoms with E-state index >= 15 is 0 Å². The first-order chi connectivity index (χ1) is 22.0. The number of primary sulfonamides is 1. The zero-order chi connectivity index (χ0) is 33.3. The Bertz CT molecular complexity index is 1860. The fourth-order valence-corrected chi connectivity index (χ4v) is 5.64. The van der Waals surface area contributed by atoms with Gasteiger partial charge in [-0.25, -0.2) is 13.6 Å². The molecule has 0 radical (unpaired) electrons. The molecule has 46 heavy (non-hydrogen) atoms. The minimum absolute atomic E-state index is 0.0420. The van der Waals surface area contributed by atoms with E-state index in [9.17, 15) is 22.8 Å². The first-order valence-corrected chi connectivity index (χ1v) is 16.2. The van der Waals surface area contributed by atoms with Crippen molar-refractivity contribution in [3.63, 3.8) is 0 Å². The number of anilines is 2. The molecule has 0 fully saturated rings. The normalized spacial score (nSPS) is 12.0. The first-order valence-electron chi connectivity index (χ1n) is 13.8. The molecule has 1 unspecified atom stereocenters. The second-order valence-electron chi connectivity index (χ2n) is 9.76. The summed E-state index contributed by atoms with van der Waals surface area (Å²) in [5.74, 6) is -0.551. The van der Waals surface area contributed by atoms with Gasteiger partial charge in [0.1, 0.15) is 5.70 Å². The van der Waals surface area contributed by atoms with Crippen molar-refractivity contribution in [3.8, 4) is 11.5 Å². The molecule has 11 nitrogen and oxygen atoms in total. The maximum Gasteiger partial charge on any atom is 0.272 e. The molecule has 0 aromatic heterocycles. The minimum Gasteiger partial charge on any atom is -0.493 e. The van der Waals surface area contributed by atoms with Crippen molar-refractivity contribution in [2.45, 2.75) is 22.0 Å². The van der Waals surface area contributed by atoms with E-state index in [4.69, 9.17) is 14.6 Å². The van der Waals surface area contributed by atoms with Crippen LogP contribution in [-0.4, -0.2) is 45.6 Å². The summed E-state index contributed by atoms with van der Waals surface area (Å²) in [6.07, 6.45) is 1.50. The zero-order valence-corrected chi connectivity index (χ0v) is 26.8. The van der Waals surface area contributed by atoms with Gasteiger partial charge in [-0.1, -0.05) is 36.4 Å². The number of rotatable bonds is 12. The molecule has 0 aliphatic rings. The minimum atomic E-state index is -3.85. The third kappa shape index (κ3) is 8.97. The lowest BCUT2D eigenvalue weighted by Gasteiger charge is -2.15. The predicted octanol–water partition coefficient (Wildman–Crippen LogP) is 4.88. The lowest BCUT2D eigenvalue weighted by Crippen LogP contribution is -2.30. The average Bonchev–Trinajstić information content (AvgIpc) is 3.04. The Morgan fingerprint density at radius 3 is 2.17 bits per heavy atom. The van der Waals surface area contributed by atoms with Crippen LogP contribution in [0.4, 0.5) is 11.4 Å². The third-order valence-corrected chi connectivity index (χ3v) is 8.51. The van der Waals surface area contributed by atoms with Crippen molar-refractivity contribution >= 4 is 57.0 Å². The van der Waals surface area contributed by atoms with Crippen molar-refractivity contribution in [1.29, 1.82) is 0 Å². The quantitative estimate of drug-likeness (QED) is 0.123. The second-order valence-corrected chi connectivity index (χ2v) is 12.7. The number of carbonyl (C=O) groups excluding carboxylic acids is 3. The van der Waals surface area contributed by atoms with Crippen LogP contribution >= 0.6 is 11.8 Å². The molecule has 3 amide bonds. The topological polar surface area (TPSA) is 166 Å². The highest BCUT2D eigenvalue weighted by Gasteiger charge is 2.19. The number of methoxy groups -OCH3 is 2. The van der Waals surface area contributed by atoms with Gasteiger partial charge >= 0.3 is 0 Å². The van der Waals surface area contributed by atoms with E-state index in [1.807, 2.05) is 0 Å². The smallest absolute Gasteiger partial charge is 0.272 e. The van der Waals surface area contributed by atoms with Crippen LogP contribution in [-0.2, 0) is 19.6 Å². The van der Waals surface area contributed by atoms with Crippen LogP contribution in [0.15, 0.2) is 113 Å². The molecular formula is C33H32N4O7S2. The summed E-state index contributed by atoms with van der Waals surface area (Å²) in [5, 5.41) is 12.8. The first kappa shape index (κ1) is 33.8. The molecule has 0 spiro atoms. The van der Waals surface area contributed by atoms with Gasteiger partial charge in [0, 0.05) is 27.4 Å². The average molecular weight is 661 g/mol. The number of carbonyl (C=O) groups is 3. The molecule has 0 bridgehead atoms. The number of benzene rings is 4. The molecule has 4 aromatic carbocycles. The number of ether oxygens (including phenoxy) is 2. The highest BCUT2D eigenvalue weighted by molar-refractivity contribution is 8.00. The van der Waals surface area contributed by atoms with Crippen LogP contribution in [0.3, 0.4) is 0 Å². The number of hydrogen-bond acceptors (Lipinski definition) is 8. The molecule has 0 aliphatic heterocycles. The van der Waals surface area contributed by atoms with Crippen LogP contribution in [0.2, 0.25) is 0 Å². The SMILES string of the molecule is COc1cccc(/C=C(/NC(=O)c2ccccc2)C(=O)Nc2cccc(SC(C)C(=O)Nc3ccc(S(N)(=O)=O)cc3)c2)c1OC. The van der Waals surface area contributed by atoms with Crippen LogP contribution in [0.1, 0.15) is 22.8 Å². The Kier molecular flexibility index (Phi) is 11.2. The highest BCUT2D eigenvalue weighted by Crippen LogP contribution is 2.32. The van der Waals surface area contributed by atoms with Gasteiger partial charge in [0.25, 0.3) is 11.8 Å². The van der Waals surface area contributed by atoms with Gasteiger partial charge in [0.05, 0.1) is 24.4 Å². The van der Waals surface area contributed by atoms with E-state index in [0.717, 1.165) is 0 Å². The van der Waals surface area contributed by atoms with Gasteiger partial charge in [-0.3, -0.25) is 14.4 Å². The molecule has 0 saturated carbocycles. The van der Waals surface area contributed by atoms with Crippen LogP contribution in [0.25, 0.3) is 6.08 Å². The fraction of sp³-hybridized carbons (Fsp3) is 0.121. The molecule has 1 atom stereocenters. The van der Waals surface area contributed by atoms with Crippen molar-refractivity contribution in [2.24, 2.45) is 5.14 Å². The van der Waals surface area contributed by atoms with Gasteiger partial charge in [-0.15, -0.1) is 11.8 Å². The Balaban J connectivity index is 1.51. The molecule has 5 N–H and O–H groups in total. The fourth-order valence-electron chi connectivity index (χ4n) is 4.20. The monoisotopic (exact) mass is 660 g/mol. The zero-order valence-electron chi connectivity index (χ0n) is 25.1. The van der Waals surface area contributed by atoms with Crippen LogP contribution in [0.5, 0.6) is 11.5 Å². The summed E-state index contributed by atoms with van der Waals surface area (Å²) in [6, 6.07) is 26.1. The predicted molar refractivity (Wildman–Crippen MR) is 178 cm³/mol. The number of nitrogens with one attached hydrogen (secondary N) is 3. The maximum atomic E-state index is 13.6. The van der Waals surface area contributed by atoms with Gasteiger partial charge in [-0.2, -0.15) is 0 Å². The number of sulfonamides is 1. The third-order valence-electron chi connectivity index (χ3n) is 6.49. The Hall–Kier alpha value is -5.11. The van der Waals surface area contributed by atoms with Crippen LogP contribution < -0.4 is 30.6 Å². The standard InChI is InChI=1S/C33H32N4O7S2/c1-21(31(38)35-24-15-17-27(18-16-24)46(34,41)42)45-26-13-8-12-25(20-26)36-33(40)28(37-32(39)22-9-5-4-6-10-22)19-23-11-7-14-29(43-2)30(23)44-3/h4-21H,1-3H3,(H,35,38)(H,36,40)(H,37,39)(H2,34,41,42)/b28-19+. The van der Waals surface area contributed by atoms with Crippen molar-refractivity contribution in [1.82, 2.24) is 5.32 Å². The summed E-state index contributed by atoms with van der Waals surface area (Å²) in [7, 11) is -0.868. The van der Waals surface area contributed by atoms with E-state index in [-0.39, 0.29) is 16.5 Å². The second kappa shape index (κ2) is 15.3. The van der Waals surface area contributed by atoms with Crippen molar-refractivity contribution in [3.05, 3.63) is 114 Å². The van der Waals surface area contributed by atoms with Gasteiger partial charge in [0.15, 0.2) is 11.5 Å². The molecule has 13 heteroatoms. The van der Waals surface area contributed by atoms with E-state index in [0.29, 0.717) is 38.9 Å². The molecule has 4 aromatic rings. The summed E-state index contributed by atoms with van der Waals surface area (Å²) in [4.78, 5) is 40.1. The molecule has 0 heterocycles. The maximum absolute atomic E-state index is 13.6. The lowest BCUT2D eigenvalue weighted by molar-refractivity contribution is -0.115. The molecular weight excluding hydrogens is 629 g/mol. The molecule has 0 saturated heterocycles. The van der Waals surface area contributed by atoms with E-state index in [2.05, 4.69) is 16.0 Å². The van der Waals surface area contributed by atoms with E-state index in [1.165, 1.54) is 56.3 Å². The Morgan fingerprint density at radius 1 is 0.826 bits per heavy atom. The van der Waals surface area contributed by atoms with Crippen LogP contribution in [0, 0.1) is 0 Å². The summed E-state index contributed by atoms with van der Waals surface area (Å²) in [5.41, 5.74) is 1.67. The van der Waals surface area contributed by atoms with Gasteiger partial charge in [-0.05, 0) is 73.7 Å². The summed E-state index contributed by atoms with van der Waals surface area (Å²) >= 11 is 1.25. The summed E-state index contributed by atoms with van der Waals surface area (Å²) < 4.78 is 33.8.